The van der Waals surface area contributed by atoms with Gasteiger partial charge in [0.15, 0.2) is 5.78 Å². The number of methoxy groups -OCH3 is 2. The van der Waals surface area contributed by atoms with Crippen LogP contribution in [0.2, 0.25) is 0 Å². The summed E-state index contributed by atoms with van der Waals surface area (Å²) in [5.41, 5.74) is 1.44. The molecule has 1 atom stereocenters. The highest BCUT2D eigenvalue weighted by molar-refractivity contribution is 6.07. The smallest absolute Gasteiger partial charge is 0.252 e. The molecule has 3 aromatic rings. The first-order chi connectivity index (χ1) is 14.9. The van der Waals surface area contributed by atoms with Crippen LogP contribution in [-0.4, -0.2) is 31.4 Å². The van der Waals surface area contributed by atoms with Gasteiger partial charge in [0.1, 0.15) is 17.0 Å². The molecule has 0 aliphatic heterocycles. The van der Waals surface area contributed by atoms with E-state index in [0.29, 0.717) is 29.0 Å². The van der Waals surface area contributed by atoms with E-state index in [4.69, 9.17) is 9.47 Å². The van der Waals surface area contributed by atoms with Crippen molar-refractivity contribution in [2.45, 2.75) is 25.8 Å². The summed E-state index contributed by atoms with van der Waals surface area (Å²) in [5.74, 6) is 0.689. The Morgan fingerprint density at radius 1 is 0.903 bits per heavy atom. The van der Waals surface area contributed by atoms with Gasteiger partial charge in [-0.3, -0.25) is 9.59 Å². The van der Waals surface area contributed by atoms with E-state index in [1.807, 2.05) is 37.3 Å². The molecule has 5 heteroatoms. The Morgan fingerprint density at radius 2 is 1.61 bits per heavy atom. The molecule has 0 saturated carbocycles. The fraction of sp³-hybridized carbons (Fsp3) is 0.231. The van der Waals surface area contributed by atoms with Gasteiger partial charge in [0.05, 0.1) is 14.2 Å². The molecule has 0 spiro atoms. The number of rotatable bonds is 8. The summed E-state index contributed by atoms with van der Waals surface area (Å²) < 4.78 is 10.6. The molecule has 3 rings (SSSR count). The zero-order chi connectivity index (χ0) is 22.4. The van der Waals surface area contributed by atoms with Crippen molar-refractivity contribution >= 4 is 11.7 Å². The zero-order valence-electron chi connectivity index (χ0n) is 18.3. The van der Waals surface area contributed by atoms with Gasteiger partial charge < -0.3 is 14.8 Å². The van der Waals surface area contributed by atoms with E-state index >= 15 is 0 Å². The fourth-order valence-electron chi connectivity index (χ4n) is 3.67. The first kappa shape index (κ1) is 22.1. The fourth-order valence-corrected chi connectivity index (χ4v) is 3.67. The minimum absolute atomic E-state index is 0.191. The maximum absolute atomic E-state index is 13.6. The molecule has 0 aliphatic carbocycles. The Balaban J connectivity index is 1.99. The van der Waals surface area contributed by atoms with E-state index in [-0.39, 0.29) is 11.7 Å². The van der Waals surface area contributed by atoms with Crippen molar-refractivity contribution < 1.29 is 19.1 Å². The van der Waals surface area contributed by atoms with Crippen LogP contribution in [0.15, 0.2) is 72.8 Å². The number of ketones is 1. The van der Waals surface area contributed by atoms with Gasteiger partial charge in [-0.2, -0.15) is 0 Å². The van der Waals surface area contributed by atoms with Crippen LogP contribution < -0.4 is 14.8 Å². The van der Waals surface area contributed by atoms with E-state index in [9.17, 15) is 9.59 Å². The van der Waals surface area contributed by atoms with Crippen molar-refractivity contribution in [1.82, 2.24) is 5.32 Å². The molecule has 0 heterocycles. The van der Waals surface area contributed by atoms with Gasteiger partial charge in [0.2, 0.25) is 0 Å². The van der Waals surface area contributed by atoms with E-state index < -0.39 is 5.54 Å². The number of carbonyl (C=O) groups is 2. The summed E-state index contributed by atoms with van der Waals surface area (Å²) in [6.07, 6.45) is 0.346. The van der Waals surface area contributed by atoms with Crippen LogP contribution in [0.5, 0.6) is 11.5 Å². The molecule has 1 amide bonds. The van der Waals surface area contributed by atoms with Crippen molar-refractivity contribution in [2.24, 2.45) is 0 Å². The Bertz CT molecular complexity index is 1080. The monoisotopic (exact) mass is 417 g/mol. The van der Waals surface area contributed by atoms with E-state index in [0.717, 1.165) is 11.1 Å². The quantitative estimate of drug-likeness (QED) is 0.543. The average molecular weight is 418 g/mol. The largest absolute Gasteiger partial charge is 0.497 e. The standard InChI is InChI=1S/C26H27NO4/c1-18-22(14-9-15-23(18)31-4)25(29)27-26(2,17-19-10-6-5-7-11-19)24(28)20-12-8-13-21(16-20)30-3/h5-16H,17H2,1-4H3,(H,27,29). The van der Waals surface area contributed by atoms with Crippen molar-refractivity contribution in [1.29, 1.82) is 0 Å². The lowest BCUT2D eigenvalue weighted by molar-refractivity contribution is 0.0781. The number of hydrogen-bond donors (Lipinski definition) is 1. The van der Waals surface area contributed by atoms with Gasteiger partial charge in [0, 0.05) is 23.1 Å². The normalized spacial score (nSPS) is 12.5. The Labute approximate surface area is 183 Å². The second-order valence-corrected chi connectivity index (χ2v) is 7.64. The Morgan fingerprint density at radius 3 is 2.29 bits per heavy atom. The highest BCUT2D eigenvalue weighted by Crippen LogP contribution is 2.25. The van der Waals surface area contributed by atoms with Gasteiger partial charge in [-0.25, -0.2) is 0 Å². The number of hydrogen-bond acceptors (Lipinski definition) is 4. The predicted octanol–water partition coefficient (Wildman–Crippen LogP) is 4.63. The average Bonchev–Trinajstić information content (AvgIpc) is 2.79. The Hall–Kier alpha value is -3.60. The van der Waals surface area contributed by atoms with Gasteiger partial charge >= 0.3 is 0 Å². The molecule has 0 fully saturated rings. The van der Waals surface area contributed by atoms with Crippen molar-refractivity contribution in [3.05, 3.63) is 95.1 Å². The molecular weight excluding hydrogens is 390 g/mol. The lowest BCUT2D eigenvalue weighted by Gasteiger charge is -2.30. The predicted molar refractivity (Wildman–Crippen MR) is 121 cm³/mol. The van der Waals surface area contributed by atoms with Crippen LogP contribution in [-0.2, 0) is 6.42 Å². The molecule has 31 heavy (non-hydrogen) atoms. The third-order valence-corrected chi connectivity index (χ3v) is 5.37. The second kappa shape index (κ2) is 9.47. The molecule has 0 aliphatic rings. The lowest BCUT2D eigenvalue weighted by atomic mass is 9.84. The maximum Gasteiger partial charge on any atom is 0.252 e. The molecule has 1 unspecified atom stereocenters. The summed E-state index contributed by atoms with van der Waals surface area (Å²) in [6.45, 7) is 3.58. The highest BCUT2D eigenvalue weighted by Gasteiger charge is 2.36. The number of ether oxygens (including phenoxy) is 2. The summed E-state index contributed by atoms with van der Waals surface area (Å²) in [6, 6.07) is 21.9. The van der Waals surface area contributed by atoms with E-state index in [1.54, 1.807) is 63.6 Å². The topological polar surface area (TPSA) is 64.6 Å². The molecule has 0 bridgehead atoms. The molecule has 1 N–H and O–H groups in total. The molecule has 0 aromatic heterocycles. The first-order valence-electron chi connectivity index (χ1n) is 10.1. The molecule has 5 nitrogen and oxygen atoms in total. The second-order valence-electron chi connectivity index (χ2n) is 7.64. The van der Waals surface area contributed by atoms with Crippen molar-refractivity contribution in [3.63, 3.8) is 0 Å². The SMILES string of the molecule is COc1cccc(C(=O)C(C)(Cc2ccccc2)NC(=O)c2cccc(OC)c2C)c1. The van der Waals surface area contributed by atoms with E-state index in [1.165, 1.54) is 0 Å². The van der Waals surface area contributed by atoms with Crippen molar-refractivity contribution in [3.8, 4) is 11.5 Å². The number of benzene rings is 3. The summed E-state index contributed by atoms with van der Waals surface area (Å²) >= 11 is 0. The third-order valence-electron chi connectivity index (χ3n) is 5.37. The number of nitrogens with one attached hydrogen (secondary N) is 1. The van der Waals surface area contributed by atoms with Gasteiger partial charge in [-0.05, 0) is 43.7 Å². The summed E-state index contributed by atoms with van der Waals surface area (Å²) in [5, 5.41) is 3.00. The van der Waals surface area contributed by atoms with Gasteiger partial charge in [0.25, 0.3) is 5.91 Å². The van der Waals surface area contributed by atoms with Crippen LogP contribution in [0.4, 0.5) is 0 Å². The number of Topliss-reactive ketones (excluding diaryl/α,β-unsaturated/α-hetero) is 1. The number of carbonyl (C=O) groups excluding carboxylic acids is 2. The highest BCUT2D eigenvalue weighted by atomic mass is 16.5. The maximum atomic E-state index is 13.6. The van der Waals surface area contributed by atoms with Gasteiger partial charge in [-0.1, -0.05) is 48.5 Å². The van der Waals surface area contributed by atoms with Crippen LogP contribution in [0.1, 0.15) is 38.8 Å². The Kier molecular flexibility index (Phi) is 6.75. The minimum Gasteiger partial charge on any atom is -0.497 e. The molecule has 0 radical (unpaired) electrons. The third kappa shape index (κ3) is 4.94. The molecular formula is C26H27NO4. The first-order valence-corrected chi connectivity index (χ1v) is 10.1. The molecule has 0 saturated heterocycles. The van der Waals surface area contributed by atoms with E-state index in [2.05, 4.69) is 5.32 Å². The summed E-state index contributed by atoms with van der Waals surface area (Å²) in [7, 11) is 3.12. The molecule has 3 aromatic carbocycles. The van der Waals surface area contributed by atoms with Crippen molar-refractivity contribution in [2.75, 3.05) is 14.2 Å². The number of amides is 1. The summed E-state index contributed by atoms with van der Waals surface area (Å²) in [4.78, 5) is 26.9. The van der Waals surface area contributed by atoms with Crippen LogP contribution in [0.3, 0.4) is 0 Å². The zero-order valence-corrected chi connectivity index (χ0v) is 18.3. The van der Waals surface area contributed by atoms with Crippen LogP contribution in [0, 0.1) is 6.92 Å². The van der Waals surface area contributed by atoms with Crippen LogP contribution in [0.25, 0.3) is 0 Å². The van der Waals surface area contributed by atoms with Crippen LogP contribution >= 0.6 is 0 Å². The van der Waals surface area contributed by atoms with Gasteiger partial charge in [-0.15, -0.1) is 0 Å². The minimum atomic E-state index is -1.17. The lowest BCUT2D eigenvalue weighted by Crippen LogP contribution is -2.54. The molecule has 160 valence electrons.